The van der Waals surface area contributed by atoms with E-state index in [2.05, 4.69) is 27.4 Å². The smallest absolute Gasteiger partial charge is 0.254 e. The average Bonchev–Trinajstić information content (AvgIpc) is 2.53. The van der Waals surface area contributed by atoms with Crippen molar-refractivity contribution in [2.45, 2.75) is 37.9 Å². The van der Waals surface area contributed by atoms with Gasteiger partial charge in [-0.3, -0.25) is 4.79 Å². The van der Waals surface area contributed by atoms with Gasteiger partial charge in [0.1, 0.15) is 0 Å². The third-order valence-electron chi connectivity index (χ3n) is 3.47. The second kappa shape index (κ2) is 7.94. The molecule has 1 atom stereocenters. The van der Waals surface area contributed by atoms with Crippen LogP contribution >= 0.6 is 11.8 Å². The van der Waals surface area contributed by atoms with Crippen LogP contribution in [0.2, 0.25) is 0 Å². The molecule has 0 radical (unpaired) electrons. The molecule has 1 aromatic heterocycles. The van der Waals surface area contributed by atoms with Gasteiger partial charge in [-0.1, -0.05) is 42.1 Å². The van der Waals surface area contributed by atoms with Crippen LogP contribution in [0.15, 0.2) is 41.7 Å². The summed E-state index contributed by atoms with van der Waals surface area (Å²) in [5.41, 5.74) is 2.55. The Morgan fingerprint density at radius 2 is 2.05 bits per heavy atom. The molecule has 0 aliphatic rings. The van der Waals surface area contributed by atoms with Crippen LogP contribution in [0.3, 0.4) is 0 Å². The van der Waals surface area contributed by atoms with E-state index in [4.69, 9.17) is 0 Å². The SMILES string of the molecule is CSc1ncc(C(=O)N[C@H](C)CCc2ccccc2)c(C)n1. The highest BCUT2D eigenvalue weighted by molar-refractivity contribution is 7.98. The van der Waals surface area contributed by atoms with E-state index < -0.39 is 0 Å². The van der Waals surface area contributed by atoms with Crippen molar-refractivity contribution in [3.8, 4) is 0 Å². The highest BCUT2D eigenvalue weighted by Gasteiger charge is 2.14. The summed E-state index contributed by atoms with van der Waals surface area (Å²) in [4.78, 5) is 20.8. The van der Waals surface area contributed by atoms with Crippen molar-refractivity contribution in [2.24, 2.45) is 0 Å². The molecular weight excluding hydrogens is 294 g/mol. The number of benzene rings is 1. The zero-order chi connectivity index (χ0) is 15.9. The first-order valence-electron chi connectivity index (χ1n) is 7.32. The number of carbonyl (C=O) groups is 1. The molecule has 0 spiro atoms. The van der Waals surface area contributed by atoms with E-state index in [1.807, 2.05) is 38.3 Å². The Balaban J connectivity index is 1.91. The van der Waals surface area contributed by atoms with Gasteiger partial charge >= 0.3 is 0 Å². The minimum absolute atomic E-state index is 0.104. The average molecular weight is 315 g/mol. The number of thioether (sulfide) groups is 1. The summed E-state index contributed by atoms with van der Waals surface area (Å²) in [5, 5.41) is 3.71. The van der Waals surface area contributed by atoms with Crippen molar-refractivity contribution in [3.63, 3.8) is 0 Å². The summed E-state index contributed by atoms with van der Waals surface area (Å²) in [7, 11) is 0. The summed E-state index contributed by atoms with van der Waals surface area (Å²) in [6, 6.07) is 10.4. The highest BCUT2D eigenvalue weighted by Crippen LogP contribution is 2.12. The van der Waals surface area contributed by atoms with Gasteiger partial charge in [-0.05, 0) is 38.5 Å². The third-order valence-corrected chi connectivity index (χ3v) is 4.03. The van der Waals surface area contributed by atoms with Crippen molar-refractivity contribution in [3.05, 3.63) is 53.3 Å². The van der Waals surface area contributed by atoms with Crippen molar-refractivity contribution in [1.29, 1.82) is 0 Å². The van der Waals surface area contributed by atoms with E-state index in [1.54, 1.807) is 6.20 Å². The van der Waals surface area contributed by atoms with Gasteiger partial charge in [0.05, 0.1) is 11.3 Å². The predicted molar refractivity (Wildman–Crippen MR) is 90.2 cm³/mol. The fourth-order valence-corrected chi connectivity index (χ4v) is 2.55. The molecular formula is C17H21N3OS. The van der Waals surface area contributed by atoms with Gasteiger partial charge in [0.15, 0.2) is 5.16 Å². The van der Waals surface area contributed by atoms with Crippen LogP contribution in [0, 0.1) is 6.92 Å². The minimum Gasteiger partial charge on any atom is -0.349 e. The Labute approximate surface area is 135 Å². The van der Waals surface area contributed by atoms with E-state index in [9.17, 15) is 4.79 Å². The number of hydrogen-bond acceptors (Lipinski definition) is 4. The van der Waals surface area contributed by atoms with Gasteiger partial charge < -0.3 is 5.32 Å². The van der Waals surface area contributed by atoms with Crippen LogP contribution in [-0.4, -0.2) is 28.2 Å². The van der Waals surface area contributed by atoms with Crippen molar-refractivity contribution >= 4 is 17.7 Å². The maximum Gasteiger partial charge on any atom is 0.254 e. The molecule has 0 saturated heterocycles. The van der Waals surface area contributed by atoms with Crippen molar-refractivity contribution in [1.82, 2.24) is 15.3 Å². The number of amides is 1. The predicted octanol–water partition coefficient (Wildman–Crippen LogP) is 3.26. The topological polar surface area (TPSA) is 54.9 Å². The lowest BCUT2D eigenvalue weighted by Crippen LogP contribution is -2.33. The molecule has 1 amide bonds. The fraction of sp³-hybridized carbons (Fsp3) is 0.353. The number of hydrogen-bond donors (Lipinski definition) is 1. The molecule has 0 saturated carbocycles. The first kappa shape index (κ1) is 16.5. The number of carbonyl (C=O) groups excluding carboxylic acids is 1. The van der Waals surface area contributed by atoms with E-state index in [-0.39, 0.29) is 11.9 Å². The Morgan fingerprint density at radius 3 is 2.68 bits per heavy atom. The fourth-order valence-electron chi connectivity index (χ4n) is 2.17. The Morgan fingerprint density at radius 1 is 1.32 bits per heavy atom. The number of nitrogens with one attached hydrogen (secondary N) is 1. The normalized spacial score (nSPS) is 12.0. The van der Waals surface area contributed by atoms with Gasteiger partial charge in [0.2, 0.25) is 0 Å². The molecule has 22 heavy (non-hydrogen) atoms. The lowest BCUT2D eigenvalue weighted by Gasteiger charge is -2.14. The zero-order valence-corrected chi connectivity index (χ0v) is 14.0. The van der Waals surface area contributed by atoms with Gasteiger partial charge in [0.25, 0.3) is 5.91 Å². The van der Waals surface area contributed by atoms with Crippen LogP contribution in [0.5, 0.6) is 0 Å². The van der Waals surface area contributed by atoms with Crippen molar-refractivity contribution < 1.29 is 4.79 Å². The lowest BCUT2D eigenvalue weighted by atomic mass is 10.1. The molecule has 1 heterocycles. The zero-order valence-electron chi connectivity index (χ0n) is 13.2. The maximum atomic E-state index is 12.3. The second-order valence-electron chi connectivity index (χ2n) is 5.25. The van der Waals surface area contributed by atoms with Gasteiger partial charge in [-0.25, -0.2) is 9.97 Å². The minimum atomic E-state index is -0.106. The van der Waals surface area contributed by atoms with Crippen LogP contribution in [-0.2, 0) is 6.42 Å². The molecule has 0 unspecified atom stereocenters. The maximum absolute atomic E-state index is 12.3. The monoisotopic (exact) mass is 315 g/mol. The summed E-state index contributed by atoms with van der Waals surface area (Å²) >= 11 is 1.47. The van der Waals surface area contributed by atoms with E-state index in [0.717, 1.165) is 12.8 Å². The summed E-state index contributed by atoms with van der Waals surface area (Å²) in [6.45, 7) is 3.86. The largest absolute Gasteiger partial charge is 0.349 e. The molecule has 0 aliphatic carbocycles. The van der Waals surface area contributed by atoms with E-state index >= 15 is 0 Å². The van der Waals surface area contributed by atoms with Gasteiger partial charge in [-0.2, -0.15) is 0 Å². The number of aryl methyl sites for hydroxylation is 2. The van der Waals surface area contributed by atoms with Gasteiger partial charge in [0, 0.05) is 12.2 Å². The summed E-state index contributed by atoms with van der Waals surface area (Å²) in [6.07, 6.45) is 5.37. The van der Waals surface area contributed by atoms with Crippen LogP contribution in [0.4, 0.5) is 0 Å². The molecule has 2 aromatic rings. The van der Waals surface area contributed by atoms with Crippen molar-refractivity contribution in [2.75, 3.05) is 6.26 Å². The molecule has 0 fully saturated rings. The van der Waals surface area contributed by atoms with Crippen LogP contribution in [0.25, 0.3) is 0 Å². The quantitative estimate of drug-likeness (QED) is 0.657. The first-order valence-corrected chi connectivity index (χ1v) is 8.55. The number of rotatable bonds is 6. The Kier molecular flexibility index (Phi) is 5.95. The van der Waals surface area contributed by atoms with E-state index in [0.29, 0.717) is 16.4 Å². The highest BCUT2D eigenvalue weighted by atomic mass is 32.2. The molecule has 1 N–H and O–H groups in total. The second-order valence-corrected chi connectivity index (χ2v) is 6.03. The van der Waals surface area contributed by atoms with Gasteiger partial charge in [-0.15, -0.1) is 0 Å². The Hall–Kier alpha value is -1.88. The lowest BCUT2D eigenvalue weighted by molar-refractivity contribution is 0.0936. The number of aromatic nitrogens is 2. The molecule has 4 nitrogen and oxygen atoms in total. The van der Waals surface area contributed by atoms with E-state index in [1.165, 1.54) is 17.3 Å². The third kappa shape index (κ3) is 4.56. The molecule has 0 aliphatic heterocycles. The Bertz CT molecular complexity index is 631. The first-order chi connectivity index (χ1) is 10.6. The van der Waals surface area contributed by atoms with Crippen LogP contribution in [0.1, 0.15) is 35.0 Å². The summed E-state index contributed by atoms with van der Waals surface area (Å²) < 4.78 is 0. The van der Waals surface area contributed by atoms with Crippen LogP contribution < -0.4 is 5.32 Å². The standard InChI is InChI=1S/C17H21N3OS/c1-12(9-10-14-7-5-4-6-8-14)19-16(21)15-11-18-17(22-3)20-13(15)2/h4-8,11-12H,9-10H2,1-3H3,(H,19,21)/t12-/m1/s1. The summed E-state index contributed by atoms with van der Waals surface area (Å²) in [5.74, 6) is -0.106. The molecule has 5 heteroatoms. The number of nitrogens with zero attached hydrogens (tertiary/aromatic N) is 2. The molecule has 2 rings (SSSR count). The molecule has 116 valence electrons. The molecule has 0 bridgehead atoms. The molecule has 1 aromatic carbocycles.